The lowest BCUT2D eigenvalue weighted by atomic mass is 9.85. The minimum absolute atomic E-state index is 0.0648. The lowest BCUT2D eigenvalue weighted by molar-refractivity contribution is 0.216. The Balaban J connectivity index is 1.81. The summed E-state index contributed by atoms with van der Waals surface area (Å²) in [6, 6.07) is 26.0. The second-order valence-corrected chi connectivity index (χ2v) is 7.25. The molecule has 0 atom stereocenters. The first-order chi connectivity index (χ1) is 13.1. The van der Waals surface area contributed by atoms with Crippen LogP contribution in [0.15, 0.2) is 78.9 Å². The van der Waals surface area contributed by atoms with E-state index in [2.05, 4.69) is 0 Å². The van der Waals surface area contributed by atoms with Crippen molar-refractivity contribution in [2.24, 2.45) is 0 Å². The maximum Gasteiger partial charge on any atom is 0.161 e. The zero-order valence-corrected chi connectivity index (χ0v) is 15.9. The summed E-state index contributed by atoms with van der Waals surface area (Å²) < 4.78 is 12.1. The second kappa shape index (κ2) is 8.74. The van der Waals surface area contributed by atoms with Crippen LogP contribution in [0.5, 0.6) is 11.5 Å². The topological polar surface area (TPSA) is 38.7 Å². The van der Waals surface area contributed by atoms with Gasteiger partial charge < -0.3 is 14.6 Å². The van der Waals surface area contributed by atoms with Gasteiger partial charge in [-0.1, -0.05) is 80.6 Å². The molecule has 1 N–H and O–H groups in total. The molecule has 0 radical (unpaired) electrons. The molecule has 3 rings (SSSR count). The van der Waals surface area contributed by atoms with Gasteiger partial charge in [0.25, 0.3) is 0 Å². The Morgan fingerprint density at radius 1 is 0.704 bits per heavy atom. The Hall–Kier alpha value is -2.78. The molecule has 0 spiro atoms. The van der Waals surface area contributed by atoms with E-state index in [0.29, 0.717) is 24.7 Å². The summed E-state index contributed by atoms with van der Waals surface area (Å²) in [6.07, 6.45) is 0. The molecule has 0 heterocycles. The molecular formula is C24H26O3. The molecule has 3 heteroatoms. The summed E-state index contributed by atoms with van der Waals surface area (Å²) in [7, 11) is 0. The number of aliphatic hydroxyl groups excluding tert-OH is 1. The van der Waals surface area contributed by atoms with Crippen LogP contribution in [0, 0.1) is 0 Å². The lowest BCUT2D eigenvalue weighted by Crippen LogP contribution is -2.22. The predicted molar refractivity (Wildman–Crippen MR) is 108 cm³/mol. The Morgan fingerprint density at radius 2 is 1.22 bits per heavy atom. The minimum Gasteiger partial charge on any atom is -0.485 e. The third-order valence-corrected chi connectivity index (χ3v) is 4.59. The van der Waals surface area contributed by atoms with E-state index >= 15 is 0 Å². The minimum atomic E-state index is -0.344. The number of ether oxygens (including phenoxy) is 2. The Bertz CT molecular complexity index is 842. The van der Waals surface area contributed by atoms with Crippen LogP contribution in [0.1, 0.15) is 30.5 Å². The highest BCUT2D eigenvalue weighted by atomic mass is 16.5. The van der Waals surface area contributed by atoms with Gasteiger partial charge in [0.1, 0.15) is 13.2 Å². The van der Waals surface area contributed by atoms with Crippen molar-refractivity contribution in [3.63, 3.8) is 0 Å². The van der Waals surface area contributed by atoms with E-state index in [-0.39, 0.29) is 12.0 Å². The van der Waals surface area contributed by atoms with Crippen molar-refractivity contribution in [3.8, 4) is 11.5 Å². The van der Waals surface area contributed by atoms with Crippen LogP contribution in [-0.4, -0.2) is 11.7 Å². The van der Waals surface area contributed by atoms with Gasteiger partial charge in [-0.15, -0.1) is 0 Å². The van der Waals surface area contributed by atoms with E-state index < -0.39 is 0 Å². The normalized spacial score (nSPS) is 11.2. The molecule has 3 aromatic carbocycles. The molecule has 0 amide bonds. The van der Waals surface area contributed by atoms with Gasteiger partial charge in [0, 0.05) is 5.41 Å². The van der Waals surface area contributed by atoms with Gasteiger partial charge in [-0.3, -0.25) is 0 Å². The molecule has 0 aliphatic carbocycles. The standard InChI is InChI=1S/C24H26O3/c1-24(2,18-25)21-13-14-22(26-16-19-9-5-3-6-10-19)23(15-21)27-17-20-11-7-4-8-12-20/h3-15,25H,16-18H2,1-2H3. The summed E-state index contributed by atoms with van der Waals surface area (Å²) in [4.78, 5) is 0. The quantitative estimate of drug-likeness (QED) is 0.605. The molecule has 27 heavy (non-hydrogen) atoms. The average molecular weight is 362 g/mol. The zero-order valence-electron chi connectivity index (χ0n) is 15.9. The van der Waals surface area contributed by atoms with Gasteiger partial charge in [-0.05, 0) is 28.8 Å². The third kappa shape index (κ3) is 5.11. The highest BCUT2D eigenvalue weighted by Crippen LogP contribution is 2.34. The van der Waals surface area contributed by atoms with Crippen molar-refractivity contribution in [1.29, 1.82) is 0 Å². The van der Waals surface area contributed by atoms with Crippen molar-refractivity contribution in [3.05, 3.63) is 95.6 Å². The number of benzene rings is 3. The Morgan fingerprint density at radius 3 is 1.74 bits per heavy atom. The fourth-order valence-electron chi connectivity index (χ4n) is 2.72. The third-order valence-electron chi connectivity index (χ3n) is 4.59. The zero-order chi connectivity index (χ0) is 19.1. The highest BCUT2D eigenvalue weighted by Gasteiger charge is 2.21. The van der Waals surface area contributed by atoms with Crippen molar-refractivity contribution in [2.45, 2.75) is 32.5 Å². The SMILES string of the molecule is CC(C)(CO)c1ccc(OCc2ccccc2)c(OCc2ccccc2)c1. The largest absolute Gasteiger partial charge is 0.485 e. The van der Waals surface area contributed by atoms with Crippen LogP contribution in [0.25, 0.3) is 0 Å². The molecule has 0 bridgehead atoms. The van der Waals surface area contributed by atoms with Crippen LogP contribution < -0.4 is 9.47 Å². The van der Waals surface area contributed by atoms with E-state index in [1.54, 1.807) is 0 Å². The Kier molecular flexibility index (Phi) is 6.15. The molecule has 3 nitrogen and oxygen atoms in total. The monoisotopic (exact) mass is 362 g/mol. The van der Waals surface area contributed by atoms with Gasteiger partial charge in [0.15, 0.2) is 11.5 Å². The predicted octanol–water partition coefficient (Wildman–Crippen LogP) is 5.11. The molecule has 0 saturated carbocycles. The summed E-state index contributed by atoms with van der Waals surface area (Å²) in [5.41, 5.74) is 2.87. The molecule has 0 saturated heterocycles. The molecule has 0 aromatic heterocycles. The Labute approximate surface area is 161 Å². The van der Waals surface area contributed by atoms with Crippen LogP contribution in [0.3, 0.4) is 0 Å². The molecule has 0 unspecified atom stereocenters. The van der Waals surface area contributed by atoms with E-state index in [0.717, 1.165) is 16.7 Å². The van der Waals surface area contributed by atoms with Gasteiger partial charge in [0.2, 0.25) is 0 Å². The second-order valence-electron chi connectivity index (χ2n) is 7.25. The van der Waals surface area contributed by atoms with Gasteiger partial charge in [0.05, 0.1) is 6.61 Å². The number of rotatable bonds is 8. The summed E-state index contributed by atoms with van der Waals surface area (Å²) in [5.74, 6) is 1.39. The van der Waals surface area contributed by atoms with E-state index in [1.807, 2.05) is 92.7 Å². The van der Waals surface area contributed by atoms with Gasteiger partial charge in [-0.25, -0.2) is 0 Å². The lowest BCUT2D eigenvalue weighted by Gasteiger charge is -2.24. The van der Waals surface area contributed by atoms with Crippen LogP contribution >= 0.6 is 0 Å². The highest BCUT2D eigenvalue weighted by molar-refractivity contribution is 5.45. The molecular weight excluding hydrogens is 336 g/mol. The van der Waals surface area contributed by atoms with E-state index in [1.165, 1.54) is 0 Å². The molecule has 0 aliphatic rings. The summed E-state index contributed by atoms with van der Waals surface area (Å²) in [5, 5.41) is 9.70. The molecule has 3 aromatic rings. The molecule has 140 valence electrons. The van der Waals surface area contributed by atoms with Crippen molar-refractivity contribution in [2.75, 3.05) is 6.61 Å². The van der Waals surface area contributed by atoms with Crippen LogP contribution in [-0.2, 0) is 18.6 Å². The maximum atomic E-state index is 9.70. The van der Waals surface area contributed by atoms with Gasteiger partial charge >= 0.3 is 0 Å². The van der Waals surface area contributed by atoms with Crippen LogP contribution in [0.2, 0.25) is 0 Å². The van der Waals surface area contributed by atoms with E-state index in [4.69, 9.17) is 9.47 Å². The smallest absolute Gasteiger partial charge is 0.161 e. The fourth-order valence-corrected chi connectivity index (χ4v) is 2.72. The first-order valence-corrected chi connectivity index (χ1v) is 9.17. The van der Waals surface area contributed by atoms with Crippen molar-refractivity contribution < 1.29 is 14.6 Å². The van der Waals surface area contributed by atoms with E-state index in [9.17, 15) is 5.11 Å². The average Bonchev–Trinajstić information content (AvgIpc) is 2.72. The summed E-state index contributed by atoms with van der Waals surface area (Å²) >= 11 is 0. The van der Waals surface area contributed by atoms with Crippen molar-refractivity contribution in [1.82, 2.24) is 0 Å². The first kappa shape index (κ1) is 19.0. The van der Waals surface area contributed by atoms with Gasteiger partial charge in [-0.2, -0.15) is 0 Å². The molecule has 0 fully saturated rings. The number of hydrogen-bond donors (Lipinski definition) is 1. The maximum absolute atomic E-state index is 9.70. The summed E-state index contributed by atoms with van der Waals surface area (Å²) in [6.45, 7) is 5.02. The van der Waals surface area contributed by atoms with Crippen LogP contribution in [0.4, 0.5) is 0 Å². The first-order valence-electron chi connectivity index (χ1n) is 9.17. The van der Waals surface area contributed by atoms with Crippen molar-refractivity contribution >= 4 is 0 Å². The fraction of sp³-hybridized carbons (Fsp3) is 0.250. The molecule has 0 aliphatic heterocycles. The number of aliphatic hydroxyl groups is 1. The number of hydrogen-bond acceptors (Lipinski definition) is 3.